The zero-order valence-corrected chi connectivity index (χ0v) is 28.5. The minimum Gasteiger partial charge on any atom is -0.337 e. The molecule has 0 spiro atoms. The molecule has 0 aliphatic heterocycles. The van der Waals surface area contributed by atoms with E-state index in [1.807, 2.05) is 5.32 Å². The second-order valence-electron chi connectivity index (χ2n) is 12.5. The Morgan fingerprint density at radius 3 is 2.37 bits per heavy atom. The van der Waals surface area contributed by atoms with Gasteiger partial charge < -0.3 is 5.32 Å². The second kappa shape index (κ2) is 12.2. The van der Waals surface area contributed by atoms with Crippen LogP contribution in [0.25, 0.3) is 22.0 Å². The number of hydrogen-bond donors (Lipinski definition) is 3. The molecule has 5 aromatic rings. The molecule has 266 valence electrons. The first-order valence-corrected chi connectivity index (χ1v) is 17.1. The van der Waals surface area contributed by atoms with Gasteiger partial charge in [0, 0.05) is 30.2 Å². The third-order valence-electron chi connectivity index (χ3n) is 8.32. The number of fused-ring (bicyclic) bond motifs is 1. The van der Waals surface area contributed by atoms with Gasteiger partial charge in [0.05, 0.1) is 33.4 Å². The fourth-order valence-corrected chi connectivity index (χ4v) is 6.76. The van der Waals surface area contributed by atoms with E-state index < -0.39 is 56.4 Å². The summed E-state index contributed by atoms with van der Waals surface area (Å²) in [5.41, 5.74) is -3.22. The van der Waals surface area contributed by atoms with Crippen LogP contribution in [0, 0.1) is 23.5 Å². The first-order chi connectivity index (χ1) is 23.7. The highest BCUT2D eigenvalue weighted by atomic mass is 35.5. The Morgan fingerprint density at radius 2 is 1.76 bits per heavy atom. The Morgan fingerprint density at radius 1 is 1.10 bits per heavy atom. The lowest BCUT2D eigenvalue weighted by Crippen LogP contribution is -2.44. The summed E-state index contributed by atoms with van der Waals surface area (Å²) in [5, 5.41) is 12.5. The molecule has 1 fully saturated rings. The molecule has 1 amide bonds. The van der Waals surface area contributed by atoms with Gasteiger partial charge in [-0.25, -0.2) is 32.1 Å². The zero-order valence-electron chi connectivity index (χ0n) is 26.9. The number of hydrogen-bond acceptors (Lipinski definition) is 7. The maximum Gasteiger partial charge on any atom is 0.471 e. The molecule has 0 saturated heterocycles. The number of rotatable bonds is 7. The average Bonchev–Trinajstić information content (AvgIpc) is 3.41. The lowest BCUT2D eigenvalue weighted by Gasteiger charge is -2.24. The molecule has 51 heavy (non-hydrogen) atoms. The maximum atomic E-state index is 14.4. The summed E-state index contributed by atoms with van der Waals surface area (Å²) in [7, 11) is -2.36. The number of amides is 1. The summed E-state index contributed by atoms with van der Waals surface area (Å²) in [6, 6.07) is 8.36. The molecular weight excluding hydrogens is 723 g/mol. The number of alkyl halides is 3. The quantitative estimate of drug-likeness (QED) is 0.161. The van der Waals surface area contributed by atoms with E-state index in [4.69, 9.17) is 11.6 Å². The molecule has 3 heterocycles. The van der Waals surface area contributed by atoms with Crippen molar-refractivity contribution in [3.05, 3.63) is 92.9 Å². The van der Waals surface area contributed by atoms with Crippen molar-refractivity contribution in [1.82, 2.24) is 34.8 Å². The number of carbonyl (C=O) groups excluding carboxylic acids is 1. The van der Waals surface area contributed by atoms with E-state index in [0.717, 1.165) is 18.4 Å². The number of aromatic nitrogens is 6. The summed E-state index contributed by atoms with van der Waals surface area (Å²) in [6.45, 7) is 3.23. The standard InChI is InChI=1S/C32H26ClF5N8O4S/c1-30(2,46-15-39-42-29(46)48)10-9-19-5-6-21(20-7-8-23(33)24-25(20)45(3)43-27(24)44-51(4,49)50)26(40-19)31(41-28(47)32(36,37)38)14-22(31)16-11-17(34)13-18(35)12-16/h5-8,11-13,15,22H,14H2,1-4H3,(H,41,47)(H,42,48)(H,43,44). The minimum atomic E-state index is -5.35. The van der Waals surface area contributed by atoms with E-state index in [1.165, 1.54) is 46.9 Å². The van der Waals surface area contributed by atoms with Gasteiger partial charge in [-0.1, -0.05) is 23.6 Å². The highest BCUT2D eigenvalue weighted by Gasteiger charge is 2.61. The van der Waals surface area contributed by atoms with Gasteiger partial charge in [-0.05, 0) is 62.1 Å². The van der Waals surface area contributed by atoms with Gasteiger partial charge in [-0.15, -0.1) is 0 Å². The topological polar surface area (TPSA) is 157 Å². The van der Waals surface area contributed by atoms with Crippen molar-refractivity contribution in [1.29, 1.82) is 0 Å². The number of anilines is 1. The lowest BCUT2D eigenvalue weighted by atomic mass is 9.93. The molecule has 19 heteroatoms. The van der Waals surface area contributed by atoms with Gasteiger partial charge in [0.25, 0.3) is 0 Å². The normalized spacial score (nSPS) is 17.6. The van der Waals surface area contributed by atoms with Crippen molar-refractivity contribution < 1.29 is 35.2 Å². The van der Waals surface area contributed by atoms with Crippen LogP contribution in [0.5, 0.6) is 0 Å². The molecule has 0 bridgehead atoms. The van der Waals surface area contributed by atoms with Crippen LogP contribution in [-0.2, 0) is 32.9 Å². The van der Waals surface area contributed by atoms with Crippen molar-refractivity contribution in [3.8, 4) is 23.0 Å². The highest BCUT2D eigenvalue weighted by Crippen LogP contribution is 2.60. The van der Waals surface area contributed by atoms with Crippen molar-refractivity contribution in [2.75, 3.05) is 11.0 Å². The molecule has 3 aromatic heterocycles. The zero-order chi connectivity index (χ0) is 37.3. The van der Waals surface area contributed by atoms with Crippen LogP contribution in [-0.4, -0.2) is 56.3 Å². The molecule has 2 aromatic carbocycles. The van der Waals surface area contributed by atoms with E-state index in [1.54, 1.807) is 13.8 Å². The van der Waals surface area contributed by atoms with E-state index >= 15 is 0 Å². The number of carbonyl (C=O) groups is 1. The number of nitrogens with one attached hydrogen (secondary N) is 3. The van der Waals surface area contributed by atoms with Crippen LogP contribution < -0.4 is 15.7 Å². The monoisotopic (exact) mass is 748 g/mol. The predicted octanol–water partition coefficient (Wildman–Crippen LogP) is 4.67. The molecule has 0 radical (unpaired) electrons. The fourth-order valence-electron chi connectivity index (χ4n) is 6.03. The van der Waals surface area contributed by atoms with Crippen molar-refractivity contribution in [2.24, 2.45) is 7.05 Å². The number of pyridine rings is 1. The van der Waals surface area contributed by atoms with Gasteiger partial charge in [0.1, 0.15) is 29.2 Å². The average molecular weight is 749 g/mol. The van der Waals surface area contributed by atoms with Gasteiger partial charge in [-0.3, -0.25) is 18.8 Å². The fraction of sp³-hybridized carbons (Fsp3) is 0.281. The predicted molar refractivity (Wildman–Crippen MR) is 176 cm³/mol. The van der Waals surface area contributed by atoms with E-state index in [9.17, 15) is 40.0 Å². The molecule has 6 rings (SSSR count). The first-order valence-electron chi connectivity index (χ1n) is 14.9. The second-order valence-corrected chi connectivity index (χ2v) is 14.6. The first kappa shape index (κ1) is 35.5. The Labute approximate surface area is 291 Å². The number of sulfonamides is 1. The Kier molecular flexibility index (Phi) is 8.50. The highest BCUT2D eigenvalue weighted by molar-refractivity contribution is 7.92. The number of H-pyrrole nitrogens is 1. The number of benzene rings is 2. The largest absolute Gasteiger partial charge is 0.471 e. The van der Waals surface area contributed by atoms with Crippen molar-refractivity contribution in [3.63, 3.8) is 0 Å². The van der Waals surface area contributed by atoms with Crippen LogP contribution in [0.1, 0.15) is 43.1 Å². The van der Waals surface area contributed by atoms with Crippen LogP contribution in [0.3, 0.4) is 0 Å². The van der Waals surface area contributed by atoms with Crippen LogP contribution in [0.4, 0.5) is 27.8 Å². The summed E-state index contributed by atoms with van der Waals surface area (Å²) >= 11 is 6.51. The molecule has 3 N–H and O–H groups in total. The number of halogens is 6. The summed E-state index contributed by atoms with van der Waals surface area (Å²) in [4.78, 5) is 29.5. The summed E-state index contributed by atoms with van der Waals surface area (Å²) < 4.78 is 99.5. The van der Waals surface area contributed by atoms with Gasteiger partial charge in [-0.2, -0.15) is 23.4 Å². The van der Waals surface area contributed by atoms with Crippen LogP contribution in [0.2, 0.25) is 5.02 Å². The van der Waals surface area contributed by atoms with Crippen LogP contribution >= 0.6 is 11.6 Å². The molecule has 1 aliphatic carbocycles. The minimum absolute atomic E-state index is 0.00437. The third kappa shape index (κ3) is 6.78. The molecule has 12 nitrogen and oxygen atoms in total. The summed E-state index contributed by atoms with van der Waals surface area (Å²) in [5.74, 6) is 0.201. The van der Waals surface area contributed by atoms with E-state index in [0.29, 0.717) is 6.07 Å². The van der Waals surface area contributed by atoms with E-state index in [2.05, 4.69) is 36.8 Å². The molecular formula is C32H26ClF5N8O4S. The molecule has 2 unspecified atom stereocenters. The third-order valence-corrected chi connectivity index (χ3v) is 9.20. The Hall–Kier alpha value is -5.28. The molecule has 1 aliphatic rings. The van der Waals surface area contributed by atoms with Crippen LogP contribution in [0.15, 0.2) is 53.6 Å². The SMILES string of the molecule is Cn1nc(NS(C)(=O)=O)c2c(Cl)ccc(-c3ccc(C#CC(C)(C)n4cn[nH]c4=O)nc3C3(NC(=O)C(F)(F)F)CC3c3cc(F)cc(F)c3)c21. The number of aryl methyl sites for hydroxylation is 1. The molecule has 1 saturated carbocycles. The number of aromatic amines is 1. The van der Waals surface area contributed by atoms with Gasteiger partial charge in [0.2, 0.25) is 10.0 Å². The smallest absolute Gasteiger partial charge is 0.337 e. The number of nitrogens with zero attached hydrogens (tertiary/aromatic N) is 5. The van der Waals surface area contributed by atoms with Crippen molar-refractivity contribution >= 4 is 44.3 Å². The van der Waals surface area contributed by atoms with Gasteiger partial charge in [0.15, 0.2) is 5.82 Å². The Bertz CT molecular complexity index is 2460. The van der Waals surface area contributed by atoms with Crippen molar-refractivity contribution in [2.45, 2.75) is 43.4 Å². The summed E-state index contributed by atoms with van der Waals surface area (Å²) in [6.07, 6.45) is -3.46. The van der Waals surface area contributed by atoms with Gasteiger partial charge >= 0.3 is 17.8 Å². The lowest BCUT2D eigenvalue weighted by molar-refractivity contribution is -0.174. The van der Waals surface area contributed by atoms with E-state index in [-0.39, 0.29) is 56.2 Å². The Balaban J connectivity index is 1.63. The molecule has 2 atom stereocenters. The maximum absolute atomic E-state index is 14.4.